The summed E-state index contributed by atoms with van der Waals surface area (Å²) in [6, 6.07) is 0. The van der Waals surface area contributed by atoms with Crippen LogP contribution in [0.25, 0.3) is 0 Å². The number of allylic oxidation sites excluding steroid dienone is 1. The third-order valence-corrected chi connectivity index (χ3v) is 1.74. The van der Waals surface area contributed by atoms with Crippen molar-refractivity contribution in [2.75, 3.05) is 0 Å². The Kier molecular flexibility index (Phi) is 3.36. The Morgan fingerprint density at radius 3 is 2.69 bits per heavy atom. The minimum atomic E-state index is -4.43. The summed E-state index contributed by atoms with van der Waals surface area (Å²) in [5.41, 5.74) is -0.444. The molecule has 0 aliphatic carbocycles. The van der Waals surface area contributed by atoms with Gasteiger partial charge in [-0.25, -0.2) is 4.79 Å². The molecule has 16 heavy (non-hydrogen) atoms. The van der Waals surface area contributed by atoms with Crippen LogP contribution in [0.15, 0.2) is 24.0 Å². The number of carboxylic acids is 1. The highest BCUT2D eigenvalue weighted by molar-refractivity contribution is 5.80. The second kappa shape index (κ2) is 4.38. The van der Waals surface area contributed by atoms with Gasteiger partial charge in [0.05, 0.1) is 18.3 Å². The van der Waals surface area contributed by atoms with Crippen molar-refractivity contribution in [3.8, 4) is 0 Å². The van der Waals surface area contributed by atoms with E-state index in [-0.39, 0.29) is 6.54 Å². The van der Waals surface area contributed by atoms with Crippen LogP contribution in [-0.2, 0) is 17.5 Å². The molecule has 0 saturated heterocycles. The molecule has 0 amide bonds. The predicted molar refractivity (Wildman–Crippen MR) is 48.6 cm³/mol. The SMILES string of the molecule is CC(=CC(=O)O)Cn1cc(C(F)(F)F)cn1. The van der Waals surface area contributed by atoms with Crippen molar-refractivity contribution in [3.05, 3.63) is 29.6 Å². The molecule has 4 nitrogen and oxygen atoms in total. The van der Waals surface area contributed by atoms with Crippen LogP contribution < -0.4 is 0 Å². The van der Waals surface area contributed by atoms with Crippen LogP contribution in [0.1, 0.15) is 12.5 Å². The minimum absolute atomic E-state index is 0.0162. The van der Waals surface area contributed by atoms with Gasteiger partial charge in [-0.3, -0.25) is 4.68 Å². The van der Waals surface area contributed by atoms with Crippen LogP contribution >= 0.6 is 0 Å². The van der Waals surface area contributed by atoms with Crippen molar-refractivity contribution >= 4 is 5.97 Å². The van der Waals surface area contributed by atoms with Crippen LogP contribution in [0.3, 0.4) is 0 Å². The standard InChI is InChI=1S/C9H9F3N2O2/c1-6(2-8(15)16)4-14-5-7(3-13-14)9(10,11)12/h2-3,5H,4H2,1H3,(H,15,16). The Morgan fingerprint density at radius 2 is 2.25 bits per heavy atom. The minimum Gasteiger partial charge on any atom is -0.478 e. The molecule has 1 aromatic heterocycles. The number of aromatic nitrogens is 2. The van der Waals surface area contributed by atoms with E-state index in [1.807, 2.05) is 0 Å². The van der Waals surface area contributed by atoms with Gasteiger partial charge in [-0.1, -0.05) is 0 Å². The van der Waals surface area contributed by atoms with E-state index >= 15 is 0 Å². The van der Waals surface area contributed by atoms with Crippen molar-refractivity contribution in [1.29, 1.82) is 0 Å². The molecular weight excluding hydrogens is 225 g/mol. The van der Waals surface area contributed by atoms with Gasteiger partial charge in [0.15, 0.2) is 0 Å². The van der Waals surface area contributed by atoms with Gasteiger partial charge in [0.25, 0.3) is 0 Å². The molecule has 0 aromatic carbocycles. The van der Waals surface area contributed by atoms with E-state index in [1.165, 1.54) is 6.92 Å². The molecule has 0 aliphatic heterocycles. The maximum Gasteiger partial charge on any atom is 0.419 e. The molecule has 1 N–H and O–H groups in total. The highest BCUT2D eigenvalue weighted by Crippen LogP contribution is 2.28. The van der Waals surface area contributed by atoms with E-state index in [0.717, 1.165) is 17.0 Å². The summed E-state index contributed by atoms with van der Waals surface area (Å²) in [6.45, 7) is 1.52. The Balaban J connectivity index is 2.77. The van der Waals surface area contributed by atoms with E-state index in [0.29, 0.717) is 11.8 Å². The predicted octanol–water partition coefficient (Wildman–Crippen LogP) is 1.93. The van der Waals surface area contributed by atoms with Gasteiger partial charge in [0.2, 0.25) is 0 Å². The highest BCUT2D eigenvalue weighted by Gasteiger charge is 2.32. The molecule has 1 rings (SSSR count). The average Bonchev–Trinajstić information content (AvgIpc) is 2.49. The Labute approximate surface area is 89.0 Å². The Hall–Kier alpha value is -1.79. The van der Waals surface area contributed by atoms with E-state index < -0.39 is 17.7 Å². The zero-order valence-electron chi connectivity index (χ0n) is 8.32. The number of aliphatic carboxylic acids is 1. The summed E-state index contributed by atoms with van der Waals surface area (Å²) in [4.78, 5) is 10.3. The number of halogens is 3. The first-order valence-corrected chi connectivity index (χ1v) is 4.29. The molecule has 88 valence electrons. The van der Waals surface area contributed by atoms with Crippen molar-refractivity contribution in [3.63, 3.8) is 0 Å². The van der Waals surface area contributed by atoms with Gasteiger partial charge in [-0.2, -0.15) is 18.3 Å². The number of hydrogen-bond donors (Lipinski definition) is 1. The molecule has 1 heterocycles. The van der Waals surface area contributed by atoms with Crippen LogP contribution in [0.4, 0.5) is 13.2 Å². The lowest BCUT2D eigenvalue weighted by Crippen LogP contribution is -2.04. The van der Waals surface area contributed by atoms with Crippen molar-refractivity contribution in [2.45, 2.75) is 19.6 Å². The van der Waals surface area contributed by atoms with E-state index in [9.17, 15) is 18.0 Å². The smallest absolute Gasteiger partial charge is 0.419 e. The summed E-state index contributed by atoms with van der Waals surface area (Å²) in [6.07, 6.45) is -1.97. The lowest BCUT2D eigenvalue weighted by Gasteiger charge is -2.02. The lowest BCUT2D eigenvalue weighted by atomic mass is 10.3. The molecule has 0 spiro atoms. The zero-order chi connectivity index (χ0) is 12.3. The number of carbonyl (C=O) groups is 1. The highest BCUT2D eigenvalue weighted by atomic mass is 19.4. The summed E-state index contributed by atoms with van der Waals surface area (Å²) in [5.74, 6) is -1.14. The first kappa shape index (κ1) is 12.3. The molecule has 0 fully saturated rings. The second-order valence-electron chi connectivity index (χ2n) is 3.25. The summed E-state index contributed by atoms with van der Waals surface area (Å²) in [5, 5.41) is 11.9. The fourth-order valence-corrected chi connectivity index (χ4v) is 1.11. The van der Waals surface area contributed by atoms with Crippen LogP contribution in [0.2, 0.25) is 0 Å². The lowest BCUT2D eigenvalue weighted by molar-refractivity contribution is -0.137. The van der Waals surface area contributed by atoms with Crippen molar-refractivity contribution < 1.29 is 23.1 Å². The molecule has 0 aliphatic rings. The molecule has 0 atom stereocenters. The van der Waals surface area contributed by atoms with Crippen LogP contribution in [0.5, 0.6) is 0 Å². The number of hydrogen-bond acceptors (Lipinski definition) is 2. The van der Waals surface area contributed by atoms with Gasteiger partial charge in [0.1, 0.15) is 0 Å². The first-order chi connectivity index (χ1) is 7.29. The summed E-state index contributed by atoms with van der Waals surface area (Å²) in [7, 11) is 0. The topological polar surface area (TPSA) is 55.1 Å². The molecule has 1 aromatic rings. The van der Waals surface area contributed by atoms with Gasteiger partial charge < -0.3 is 5.11 Å². The maximum atomic E-state index is 12.2. The second-order valence-corrected chi connectivity index (χ2v) is 3.25. The van der Waals surface area contributed by atoms with Gasteiger partial charge in [0, 0.05) is 12.3 Å². The number of carboxylic acid groups (broad SMARTS) is 1. The quantitative estimate of drug-likeness (QED) is 0.813. The van der Waals surface area contributed by atoms with Crippen LogP contribution in [0, 0.1) is 0 Å². The van der Waals surface area contributed by atoms with Crippen molar-refractivity contribution in [2.24, 2.45) is 0 Å². The van der Waals surface area contributed by atoms with Crippen molar-refractivity contribution in [1.82, 2.24) is 9.78 Å². The number of nitrogens with zero attached hydrogens (tertiary/aromatic N) is 2. The van der Waals surface area contributed by atoms with E-state index in [4.69, 9.17) is 5.11 Å². The molecular formula is C9H9F3N2O2. The zero-order valence-corrected chi connectivity index (χ0v) is 8.32. The van der Waals surface area contributed by atoms with Gasteiger partial charge in [-0.15, -0.1) is 0 Å². The maximum absolute atomic E-state index is 12.2. The van der Waals surface area contributed by atoms with E-state index in [2.05, 4.69) is 5.10 Å². The molecule has 7 heteroatoms. The Morgan fingerprint density at radius 1 is 1.62 bits per heavy atom. The normalized spacial score (nSPS) is 12.9. The average molecular weight is 234 g/mol. The largest absolute Gasteiger partial charge is 0.478 e. The molecule has 0 radical (unpaired) electrons. The summed E-state index contributed by atoms with van der Waals surface area (Å²) < 4.78 is 37.6. The third-order valence-electron chi connectivity index (χ3n) is 1.74. The molecule has 0 unspecified atom stereocenters. The first-order valence-electron chi connectivity index (χ1n) is 4.29. The molecule has 0 bridgehead atoms. The van der Waals surface area contributed by atoms with Gasteiger partial charge in [-0.05, 0) is 12.5 Å². The number of alkyl halides is 3. The fourth-order valence-electron chi connectivity index (χ4n) is 1.11. The Bertz CT molecular complexity index is 421. The fraction of sp³-hybridized carbons (Fsp3) is 0.333. The summed E-state index contributed by atoms with van der Waals surface area (Å²) >= 11 is 0. The van der Waals surface area contributed by atoms with E-state index in [1.54, 1.807) is 0 Å². The third kappa shape index (κ3) is 3.41. The van der Waals surface area contributed by atoms with Gasteiger partial charge >= 0.3 is 12.1 Å². The molecule has 0 saturated carbocycles. The van der Waals surface area contributed by atoms with Crippen LogP contribution in [-0.4, -0.2) is 20.9 Å². The number of rotatable bonds is 3. The monoisotopic (exact) mass is 234 g/mol.